The number of aromatic nitrogens is 5. The molecule has 2 bridgehead atoms. The molecule has 1 amide bonds. The van der Waals surface area contributed by atoms with Crippen LogP contribution in [0.5, 0.6) is 0 Å². The van der Waals surface area contributed by atoms with Gasteiger partial charge in [0.15, 0.2) is 5.82 Å². The predicted octanol–water partition coefficient (Wildman–Crippen LogP) is 3.92. The van der Waals surface area contributed by atoms with Crippen LogP contribution in [0.15, 0.2) is 55.0 Å². The highest BCUT2D eigenvalue weighted by Crippen LogP contribution is 2.38. The van der Waals surface area contributed by atoms with Crippen molar-refractivity contribution in [3.05, 3.63) is 55.0 Å². The number of aromatic amines is 1. The molecule has 168 valence electrons. The monoisotopic (exact) mass is 443 g/mol. The molecule has 0 spiro atoms. The van der Waals surface area contributed by atoms with Gasteiger partial charge in [0.05, 0.1) is 16.9 Å². The summed E-state index contributed by atoms with van der Waals surface area (Å²) in [4.78, 5) is 18.7. The fourth-order valence-corrected chi connectivity index (χ4v) is 5.59. The van der Waals surface area contributed by atoms with Gasteiger partial charge in [-0.3, -0.25) is 0 Å². The molecule has 4 aromatic rings. The summed E-state index contributed by atoms with van der Waals surface area (Å²) in [6.45, 7) is 0. The van der Waals surface area contributed by atoms with Crippen molar-refractivity contribution in [2.75, 3.05) is 11.9 Å². The molecule has 0 aliphatic carbocycles. The lowest BCUT2D eigenvalue weighted by Gasteiger charge is -2.41. The number of hydrogen-bond acceptors (Lipinski definition) is 5. The van der Waals surface area contributed by atoms with Gasteiger partial charge in [-0.15, -0.1) is 10.2 Å². The minimum atomic E-state index is -0.790. The van der Waals surface area contributed by atoms with E-state index in [1.807, 2.05) is 60.5 Å². The second-order valence-electron chi connectivity index (χ2n) is 8.94. The fourth-order valence-electron chi connectivity index (χ4n) is 5.59. The van der Waals surface area contributed by atoms with Gasteiger partial charge in [0.1, 0.15) is 0 Å². The number of amides is 1. The molecule has 2 N–H and O–H groups in total. The van der Waals surface area contributed by atoms with Gasteiger partial charge in [-0.05, 0) is 62.1 Å². The standard InChI is InChI=1S/C24H25N7O2/c1-29(17-13-15-3-4-16(14-17)31(15)24(32)33)22-8-6-20(27-28-22)18-5-7-21(30-12-2-10-26-30)19-9-11-25-23(18)19/h2,5-12,15-17,25H,3-4,13-14H2,1H3,(H,32,33)/t15-,16+,17+. The van der Waals surface area contributed by atoms with Gasteiger partial charge >= 0.3 is 6.09 Å². The van der Waals surface area contributed by atoms with Gasteiger partial charge in [0, 0.05) is 54.7 Å². The summed E-state index contributed by atoms with van der Waals surface area (Å²) in [5, 5.41) is 24.0. The molecule has 1 aromatic carbocycles. The van der Waals surface area contributed by atoms with Crippen LogP contribution in [0.2, 0.25) is 0 Å². The van der Waals surface area contributed by atoms with Gasteiger partial charge in [0.2, 0.25) is 0 Å². The van der Waals surface area contributed by atoms with Crippen LogP contribution in [-0.2, 0) is 0 Å². The summed E-state index contributed by atoms with van der Waals surface area (Å²) in [6.07, 6.45) is 8.40. The Morgan fingerprint density at radius 2 is 1.94 bits per heavy atom. The molecule has 6 rings (SSSR count). The molecule has 2 aliphatic rings. The largest absolute Gasteiger partial charge is 0.465 e. The van der Waals surface area contributed by atoms with E-state index in [0.717, 1.165) is 59.3 Å². The zero-order valence-corrected chi connectivity index (χ0v) is 18.3. The molecule has 3 atom stereocenters. The third-order valence-corrected chi connectivity index (χ3v) is 7.22. The Balaban J connectivity index is 1.25. The normalized spacial score (nSPS) is 22.1. The molecular formula is C24H25N7O2. The summed E-state index contributed by atoms with van der Waals surface area (Å²) in [5.74, 6) is 0.808. The number of nitrogens with zero attached hydrogens (tertiary/aromatic N) is 6. The second-order valence-corrected chi connectivity index (χ2v) is 8.94. The first kappa shape index (κ1) is 19.8. The number of benzene rings is 1. The summed E-state index contributed by atoms with van der Waals surface area (Å²) >= 11 is 0. The Labute approximate surface area is 190 Å². The van der Waals surface area contributed by atoms with Gasteiger partial charge in [-0.1, -0.05) is 0 Å². The van der Waals surface area contributed by atoms with E-state index < -0.39 is 6.09 Å². The Kier molecular flexibility index (Phi) is 4.56. The molecular weight excluding hydrogens is 418 g/mol. The van der Waals surface area contributed by atoms with Crippen LogP contribution in [0.4, 0.5) is 10.6 Å². The number of hydrogen-bond donors (Lipinski definition) is 2. The molecule has 9 heteroatoms. The van der Waals surface area contributed by atoms with Crippen molar-refractivity contribution in [2.45, 2.75) is 43.8 Å². The van der Waals surface area contributed by atoms with E-state index in [2.05, 4.69) is 25.2 Å². The topological polar surface area (TPSA) is 103 Å². The number of fused-ring (bicyclic) bond motifs is 3. The minimum Gasteiger partial charge on any atom is -0.465 e. The van der Waals surface area contributed by atoms with E-state index in [4.69, 9.17) is 0 Å². The zero-order chi connectivity index (χ0) is 22.5. The number of anilines is 1. The van der Waals surface area contributed by atoms with E-state index in [1.54, 1.807) is 11.1 Å². The second kappa shape index (κ2) is 7.61. The quantitative estimate of drug-likeness (QED) is 0.496. The lowest BCUT2D eigenvalue weighted by atomic mass is 9.96. The minimum absolute atomic E-state index is 0.107. The van der Waals surface area contributed by atoms with Gasteiger partial charge < -0.3 is 19.9 Å². The van der Waals surface area contributed by atoms with Crippen LogP contribution in [0.1, 0.15) is 25.7 Å². The van der Waals surface area contributed by atoms with Crippen molar-refractivity contribution >= 4 is 22.8 Å². The molecule has 2 saturated heterocycles. The molecule has 33 heavy (non-hydrogen) atoms. The fraction of sp³-hybridized carbons (Fsp3) is 0.333. The van der Waals surface area contributed by atoms with Crippen molar-refractivity contribution in [3.63, 3.8) is 0 Å². The van der Waals surface area contributed by atoms with Crippen molar-refractivity contribution in [1.29, 1.82) is 0 Å². The maximum Gasteiger partial charge on any atom is 0.407 e. The van der Waals surface area contributed by atoms with E-state index in [0.29, 0.717) is 0 Å². The molecule has 0 radical (unpaired) electrons. The summed E-state index contributed by atoms with van der Waals surface area (Å²) in [7, 11) is 2.03. The highest BCUT2D eigenvalue weighted by molar-refractivity contribution is 5.98. The van der Waals surface area contributed by atoms with Gasteiger partial charge in [-0.25, -0.2) is 9.48 Å². The molecule has 2 aliphatic heterocycles. The number of nitrogens with one attached hydrogen (secondary N) is 1. The zero-order valence-electron chi connectivity index (χ0n) is 18.3. The predicted molar refractivity (Wildman–Crippen MR) is 125 cm³/mol. The number of piperidine rings is 1. The third kappa shape index (κ3) is 3.23. The highest BCUT2D eigenvalue weighted by Gasteiger charge is 2.44. The van der Waals surface area contributed by atoms with Crippen LogP contribution in [-0.4, -0.2) is 66.2 Å². The lowest BCUT2D eigenvalue weighted by Crippen LogP contribution is -2.51. The SMILES string of the molecule is CN(c1ccc(-c2ccc(-n3cccn3)c3cc[nH]c23)nn1)[C@H]1C[C@H]2CC[C@@H](C1)N2C(=O)O. The molecule has 2 fully saturated rings. The van der Waals surface area contributed by atoms with E-state index >= 15 is 0 Å². The first-order chi connectivity index (χ1) is 16.1. The average molecular weight is 444 g/mol. The van der Waals surface area contributed by atoms with Crippen molar-refractivity contribution in [3.8, 4) is 16.9 Å². The first-order valence-electron chi connectivity index (χ1n) is 11.3. The van der Waals surface area contributed by atoms with E-state index in [1.165, 1.54) is 0 Å². The van der Waals surface area contributed by atoms with Crippen molar-refractivity contribution < 1.29 is 9.90 Å². The van der Waals surface area contributed by atoms with E-state index in [-0.39, 0.29) is 18.1 Å². The van der Waals surface area contributed by atoms with Crippen molar-refractivity contribution in [1.82, 2.24) is 29.9 Å². The number of H-pyrrole nitrogens is 1. The summed E-state index contributed by atoms with van der Waals surface area (Å²) in [6, 6.07) is 12.5. The number of rotatable bonds is 4. The smallest absolute Gasteiger partial charge is 0.407 e. The summed E-state index contributed by atoms with van der Waals surface area (Å²) < 4.78 is 1.85. The van der Waals surface area contributed by atoms with Gasteiger partial charge in [0.25, 0.3) is 0 Å². The summed E-state index contributed by atoms with van der Waals surface area (Å²) in [5.41, 5.74) is 3.79. The molecule has 0 unspecified atom stereocenters. The number of carboxylic acid groups (broad SMARTS) is 1. The van der Waals surface area contributed by atoms with Crippen LogP contribution in [0, 0.1) is 0 Å². The maximum atomic E-state index is 11.6. The van der Waals surface area contributed by atoms with Crippen molar-refractivity contribution in [2.24, 2.45) is 0 Å². The van der Waals surface area contributed by atoms with E-state index in [9.17, 15) is 9.90 Å². The Hall–Kier alpha value is -3.88. The number of carbonyl (C=O) groups is 1. The van der Waals surface area contributed by atoms with Crippen LogP contribution >= 0.6 is 0 Å². The van der Waals surface area contributed by atoms with Crippen LogP contribution in [0.25, 0.3) is 27.8 Å². The molecule has 5 heterocycles. The van der Waals surface area contributed by atoms with Gasteiger partial charge in [-0.2, -0.15) is 5.10 Å². The Morgan fingerprint density at radius 1 is 1.12 bits per heavy atom. The highest BCUT2D eigenvalue weighted by atomic mass is 16.4. The molecule has 3 aromatic heterocycles. The third-order valence-electron chi connectivity index (χ3n) is 7.22. The maximum absolute atomic E-state index is 11.6. The van der Waals surface area contributed by atoms with Crippen LogP contribution in [0.3, 0.4) is 0 Å². The molecule has 0 saturated carbocycles. The average Bonchev–Trinajstić information content (AvgIpc) is 3.58. The Bertz CT molecular complexity index is 1280. The molecule has 9 nitrogen and oxygen atoms in total. The first-order valence-corrected chi connectivity index (χ1v) is 11.3. The Morgan fingerprint density at radius 3 is 2.61 bits per heavy atom. The lowest BCUT2D eigenvalue weighted by molar-refractivity contribution is 0.0965. The van der Waals surface area contributed by atoms with Crippen LogP contribution < -0.4 is 4.90 Å².